The van der Waals surface area contributed by atoms with Crippen molar-refractivity contribution in [3.8, 4) is 0 Å². The van der Waals surface area contributed by atoms with Crippen molar-refractivity contribution in [3.63, 3.8) is 0 Å². The minimum Gasteiger partial charge on any atom is -0.258 e. The van der Waals surface area contributed by atoms with Crippen LogP contribution in [0.4, 0.5) is 11.4 Å². The summed E-state index contributed by atoms with van der Waals surface area (Å²) in [4.78, 5) is 20.3. The van der Waals surface area contributed by atoms with Crippen molar-refractivity contribution in [3.05, 3.63) is 56.6 Å². The van der Waals surface area contributed by atoms with Crippen LogP contribution < -0.4 is 0 Å². The summed E-state index contributed by atoms with van der Waals surface area (Å²) in [5, 5.41) is 22.0. The smallest absolute Gasteiger partial charge is 0.258 e. The van der Waals surface area contributed by atoms with Crippen LogP contribution >= 0.6 is 24.4 Å². The van der Waals surface area contributed by atoms with Crippen molar-refractivity contribution in [1.82, 2.24) is 0 Å². The molecule has 0 N–H and O–H groups in total. The first-order valence-electron chi connectivity index (χ1n) is 6.23. The van der Waals surface area contributed by atoms with E-state index >= 15 is 0 Å². The summed E-state index contributed by atoms with van der Waals surface area (Å²) in [6, 6.07) is 6.75. The van der Waals surface area contributed by atoms with Gasteiger partial charge in [-0.05, 0) is 30.5 Å². The molecule has 0 bridgehead atoms. The number of thiol groups is 1. The Balaban J connectivity index is 2.63. The molecular weight excluding hydrogens is 376 g/mol. The third-order valence-corrected chi connectivity index (χ3v) is 6.02. The monoisotopic (exact) mass is 386 g/mol. The van der Waals surface area contributed by atoms with Crippen molar-refractivity contribution in [2.75, 3.05) is 6.26 Å². The summed E-state index contributed by atoms with van der Waals surface area (Å²) >= 11 is 5.02. The molecular formula is C13H10N2O6S3. The predicted molar refractivity (Wildman–Crippen MR) is 90.7 cm³/mol. The summed E-state index contributed by atoms with van der Waals surface area (Å²) in [6.45, 7) is 0. The van der Waals surface area contributed by atoms with Crippen LogP contribution in [-0.2, 0) is 9.84 Å². The van der Waals surface area contributed by atoms with E-state index in [0.29, 0.717) is 4.90 Å². The van der Waals surface area contributed by atoms with Gasteiger partial charge in [0.05, 0.1) is 29.4 Å². The fourth-order valence-corrected chi connectivity index (χ4v) is 4.00. The van der Waals surface area contributed by atoms with E-state index in [2.05, 4.69) is 12.6 Å². The molecule has 0 heterocycles. The number of nitro benzene ring substituents is 2. The number of rotatable bonds is 5. The predicted octanol–water partition coefficient (Wildman–Crippen LogP) is 3.35. The minimum absolute atomic E-state index is 0.0164. The molecule has 11 heteroatoms. The molecule has 0 radical (unpaired) electrons. The van der Waals surface area contributed by atoms with Crippen molar-refractivity contribution < 1.29 is 18.3 Å². The van der Waals surface area contributed by atoms with Crippen molar-refractivity contribution in [2.24, 2.45) is 0 Å². The van der Waals surface area contributed by atoms with Gasteiger partial charge >= 0.3 is 0 Å². The molecule has 2 aromatic carbocycles. The Morgan fingerprint density at radius 1 is 0.958 bits per heavy atom. The van der Waals surface area contributed by atoms with E-state index in [4.69, 9.17) is 0 Å². The highest BCUT2D eigenvalue weighted by Crippen LogP contribution is 2.33. The Morgan fingerprint density at radius 3 is 1.96 bits per heavy atom. The minimum atomic E-state index is -4.14. The van der Waals surface area contributed by atoms with Gasteiger partial charge < -0.3 is 0 Å². The number of hydrogen-bond donors (Lipinski definition) is 1. The summed E-state index contributed by atoms with van der Waals surface area (Å²) < 4.78 is 25.2. The van der Waals surface area contributed by atoms with Gasteiger partial charge in [-0.3, -0.25) is 20.2 Å². The lowest BCUT2D eigenvalue weighted by atomic mass is 10.3. The van der Waals surface area contributed by atoms with Gasteiger partial charge in [-0.2, -0.15) is 0 Å². The van der Waals surface area contributed by atoms with Crippen LogP contribution in [0.2, 0.25) is 0 Å². The van der Waals surface area contributed by atoms with E-state index in [1.54, 1.807) is 6.26 Å². The maximum Gasteiger partial charge on any atom is 0.284 e. The molecule has 0 aliphatic carbocycles. The van der Waals surface area contributed by atoms with E-state index in [9.17, 15) is 28.6 Å². The summed E-state index contributed by atoms with van der Waals surface area (Å²) in [6.07, 6.45) is 1.63. The Hall–Kier alpha value is -2.11. The third-order valence-electron chi connectivity index (χ3n) is 3.11. The standard InChI is InChI=1S/C13H10N2O6S3/c1-23-13-5-3-9(7-11(13)15(18)19)24(20,21)8-2-4-12(22)10(6-8)14(16)17/h2-7,22H,1H3. The lowest BCUT2D eigenvalue weighted by Crippen LogP contribution is -2.04. The highest BCUT2D eigenvalue weighted by atomic mass is 32.2. The van der Waals surface area contributed by atoms with Gasteiger partial charge in [0.25, 0.3) is 11.4 Å². The molecule has 0 unspecified atom stereocenters. The molecule has 8 nitrogen and oxygen atoms in total. The van der Waals surface area contributed by atoms with Crippen LogP contribution in [0, 0.1) is 20.2 Å². The third kappa shape index (κ3) is 3.37. The number of nitrogens with zero attached hydrogens (tertiary/aromatic N) is 2. The molecule has 2 rings (SSSR count). The number of nitro groups is 2. The SMILES string of the molecule is CSc1ccc(S(=O)(=O)c2ccc(S)c([N+](=O)[O-])c2)cc1[N+](=O)[O-]. The first-order chi connectivity index (χ1) is 11.2. The summed E-state index contributed by atoms with van der Waals surface area (Å²) in [7, 11) is -4.14. The van der Waals surface area contributed by atoms with Crippen molar-refractivity contribution >= 4 is 45.6 Å². The van der Waals surface area contributed by atoms with Gasteiger partial charge in [0.2, 0.25) is 9.84 Å². The first-order valence-corrected chi connectivity index (χ1v) is 9.39. The van der Waals surface area contributed by atoms with Gasteiger partial charge in [0, 0.05) is 12.1 Å². The molecule has 0 saturated heterocycles. The average molecular weight is 386 g/mol. The molecule has 0 fully saturated rings. The van der Waals surface area contributed by atoms with E-state index in [1.165, 1.54) is 24.3 Å². The number of sulfone groups is 1. The molecule has 0 aromatic heterocycles. The molecule has 0 saturated carbocycles. The largest absolute Gasteiger partial charge is 0.284 e. The fraction of sp³-hybridized carbons (Fsp3) is 0.0769. The van der Waals surface area contributed by atoms with Crippen LogP contribution in [0.5, 0.6) is 0 Å². The topological polar surface area (TPSA) is 120 Å². The maximum atomic E-state index is 12.6. The average Bonchev–Trinajstić information content (AvgIpc) is 2.53. The van der Waals surface area contributed by atoms with Gasteiger partial charge in [0.15, 0.2) is 0 Å². The second kappa shape index (κ2) is 6.79. The molecule has 0 aliphatic rings. The highest BCUT2D eigenvalue weighted by molar-refractivity contribution is 7.98. The maximum absolute atomic E-state index is 12.6. The van der Waals surface area contributed by atoms with Crippen LogP contribution in [0.1, 0.15) is 0 Å². The van der Waals surface area contributed by atoms with E-state index in [-0.39, 0.29) is 20.4 Å². The first kappa shape index (κ1) is 18.2. The number of benzene rings is 2. The van der Waals surface area contributed by atoms with Gasteiger partial charge in [0.1, 0.15) is 0 Å². The van der Waals surface area contributed by atoms with Gasteiger partial charge in [-0.25, -0.2) is 8.42 Å². The lowest BCUT2D eigenvalue weighted by Gasteiger charge is -2.07. The Labute approximate surface area is 146 Å². The van der Waals surface area contributed by atoms with E-state index in [0.717, 1.165) is 23.9 Å². The fourth-order valence-electron chi connectivity index (χ4n) is 1.93. The van der Waals surface area contributed by atoms with E-state index < -0.39 is 25.4 Å². The molecule has 0 amide bonds. The molecule has 126 valence electrons. The molecule has 24 heavy (non-hydrogen) atoms. The molecule has 0 aliphatic heterocycles. The van der Waals surface area contributed by atoms with E-state index in [1.807, 2.05) is 0 Å². The summed E-state index contributed by atoms with van der Waals surface area (Å²) in [5.74, 6) is 0. The Bertz CT molecular complexity index is 943. The van der Waals surface area contributed by atoms with Gasteiger partial charge in [-0.15, -0.1) is 24.4 Å². The number of thioether (sulfide) groups is 1. The van der Waals surface area contributed by atoms with Gasteiger partial charge in [-0.1, -0.05) is 0 Å². The van der Waals surface area contributed by atoms with Crippen LogP contribution in [0.15, 0.2) is 56.0 Å². The van der Waals surface area contributed by atoms with Crippen LogP contribution in [-0.4, -0.2) is 24.5 Å². The normalized spacial score (nSPS) is 11.2. The molecule has 0 atom stereocenters. The quantitative estimate of drug-likeness (QED) is 0.362. The zero-order chi connectivity index (χ0) is 18.1. The lowest BCUT2D eigenvalue weighted by molar-refractivity contribution is -0.388. The molecule has 0 spiro atoms. The number of hydrogen-bond acceptors (Lipinski definition) is 8. The Morgan fingerprint density at radius 2 is 1.46 bits per heavy atom. The highest BCUT2D eigenvalue weighted by Gasteiger charge is 2.25. The van der Waals surface area contributed by atoms with Crippen molar-refractivity contribution in [1.29, 1.82) is 0 Å². The Kier molecular flexibility index (Phi) is 5.16. The zero-order valence-corrected chi connectivity index (χ0v) is 14.6. The zero-order valence-electron chi connectivity index (χ0n) is 12.1. The van der Waals surface area contributed by atoms with Crippen LogP contribution in [0.25, 0.3) is 0 Å². The van der Waals surface area contributed by atoms with Crippen molar-refractivity contribution in [2.45, 2.75) is 19.6 Å². The second-order valence-electron chi connectivity index (χ2n) is 4.50. The molecule has 2 aromatic rings. The van der Waals surface area contributed by atoms with Crippen LogP contribution in [0.3, 0.4) is 0 Å². The summed E-state index contributed by atoms with van der Waals surface area (Å²) in [5.41, 5.74) is -0.807. The second-order valence-corrected chi connectivity index (χ2v) is 7.78.